The minimum absolute atomic E-state index is 0.0218. The first kappa shape index (κ1) is 53.3. The third-order valence-electron chi connectivity index (χ3n) is 11.0. The van der Waals surface area contributed by atoms with Crippen molar-refractivity contribution in [2.24, 2.45) is 0 Å². The molecule has 0 aromatic carbocycles. The lowest BCUT2D eigenvalue weighted by Gasteiger charge is -2.22. The van der Waals surface area contributed by atoms with Crippen LogP contribution in [0.25, 0.3) is 0 Å². The Labute approximate surface area is 341 Å². The number of unbranched alkanes of at least 4 members (excludes halogenated alkanes) is 29. The van der Waals surface area contributed by atoms with Crippen LogP contribution < -0.4 is 5.32 Å². The summed E-state index contributed by atoms with van der Waals surface area (Å²) in [6.45, 7) is 4.86. The highest BCUT2D eigenvalue weighted by molar-refractivity contribution is 5.76. The van der Waals surface area contributed by atoms with Crippen LogP contribution in [-0.4, -0.2) is 47.4 Å². The molecule has 0 saturated heterocycles. The summed E-state index contributed by atoms with van der Waals surface area (Å²) < 4.78 is 5.46. The lowest BCUT2D eigenvalue weighted by Crippen LogP contribution is -2.45. The van der Waals surface area contributed by atoms with Gasteiger partial charge in [0.2, 0.25) is 5.91 Å². The summed E-state index contributed by atoms with van der Waals surface area (Å²) in [6.07, 6.45) is 51.4. The number of aliphatic hydroxyl groups is 2. The first-order chi connectivity index (χ1) is 27.0. The number of esters is 1. The molecule has 0 radical (unpaired) electrons. The summed E-state index contributed by atoms with van der Waals surface area (Å²) in [5.74, 6) is -0.0793. The molecular formula is C49H93NO5. The Hall–Kier alpha value is -1.66. The Morgan fingerprint density at radius 1 is 0.509 bits per heavy atom. The van der Waals surface area contributed by atoms with Gasteiger partial charge in [-0.2, -0.15) is 0 Å². The predicted molar refractivity (Wildman–Crippen MR) is 236 cm³/mol. The highest BCUT2D eigenvalue weighted by Crippen LogP contribution is 2.15. The van der Waals surface area contributed by atoms with Gasteiger partial charge < -0.3 is 20.3 Å². The minimum Gasteiger partial charge on any atom is -0.466 e. The number of carbonyl (C=O) groups excluding carboxylic acids is 2. The fraction of sp³-hybridized carbons (Fsp3) is 0.878. The van der Waals surface area contributed by atoms with Crippen LogP contribution in [0.1, 0.15) is 251 Å². The maximum atomic E-state index is 12.4. The molecule has 0 aliphatic carbocycles. The summed E-state index contributed by atoms with van der Waals surface area (Å²) in [7, 11) is 0. The quantitative estimate of drug-likeness (QED) is 0.0325. The number of hydrogen-bond donors (Lipinski definition) is 3. The van der Waals surface area contributed by atoms with Crippen LogP contribution >= 0.6 is 0 Å². The number of allylic oxidation sites excluding steroid dienone is 4. The van der Waals surface area contributed by atoms with Gasteiger partial charge in [0.05, 0.1) is 25.4 Å². The third-order valence-corrected chi connectivity index (χ3v) is 11.0. The molecule has 3 N–H and O–H groups in total. The van der Waals surface area contributed by atoms with Crippen molar-refractivity contribution in [3.63, 3.8) is 0 Å². The van der Waals surface area contributed by atoms with Crippen molar-refractivity contribution in [2.45, 2.75) is 264 Å². The van der Waals surface area contributed by atoms with Crippen LogP contribution in [0.15, 0.2) is 24.3 Å². The summed E-state index contributed by atoms with van der Waals surface area (Å²) in [6, 6.07) is -0.553. The van der Waals surface area contributed by atoms with Crippen LogP contribution in [0.3, 0.4) is 0 Å². The molecule has 324 valence electrons. The van der Waals surface area contributed by atoms with Crippen LogP contribution in [0.2, 0.25) is 0 Å². The van der Waals surface area contributed by atoms with E-state index in [1.165, 1.54) is 154 Å². The number of hydrogen-bond acceptors (Lipinski definition) is 5. The van der Waals surface area contributed by atoms with E-state index in [4.69, 9.17) is 4.74 Å². The van der Waals surface area contributed by atoms with Crippen molar-refractivity contribution in [2.75, 3.05) is 13.2 Å². The smallest absolute Gasteiger partial charge is 0.305 e. The molecule has 1 amide bonds. The largest absolute Gasteiger partial charge is 0.466 e. The molecule has 2 unspecified atom stereocenters. The van der Waals surface area contributed by atoms with E-state index in [0.717, 1.165) is 64.2 Å². The van der Waals surface area contributed by atoms with Gasteiger partial charge in [0.15, 0.2) is 0 Å². The monoisotopic (exact) mass is 776 g/mol. The second-order valence-corrected chi connectivity index (χ2v) is 16.4. The number of amides is 1. The number of rotatable bonds is 44. The van der Waals surface area contributed by atoms with Crippen molar-refractivity contribution < 1.29 is 24.5 Å². The van der Waals surface area contributed by atoms with Gasteiger partial charge in [0.25, 0.3) is 0 Å². The SMILES string of the molecule is CCCCCC/C=C\C/C=C\CCCCCCCCCC(=O)OCCCCCCCCCCCCCC(=O)NC(CO)C(O)CCCCCCCCCCC. The van der Waals surface area contributed by atoms with E-state index in [9.17, 15) is 19.8 Å². The summed E-state index contributed by atoms with van der Waals surface area (Å²) in [4.78, 5) is 24.4. The first-order valence-corrected chi connectivity index (χ1v) is 24.1. The summed E-state index contributed by atoms with van der Waals surface area (Å²) in [5, 5.41) is 23.0. The third kappa shape index (κ3) is 41.8. The van der Waals surface area contributed by atoms with Crippen molar-refractivity contribution >= 4 is 11.9 Å². The molecule has 0 heterocycles. The molecule has 0 bridgehead atoms. The van der Waals surface area contributed by atoms with E-state index in [1.807, 2.05) is 0 Å². The normalized spacial score (nSPS) is 12.9. The average Bonchev–Trinajstić information content (AvgIpc) is 3.18. The Kier molecular flexibility index (Phi) is 43.7. The van der Waals surface area contributed by atoms with Gasteiger partial charge in [-0.05, 0) is 57.8 Å². The Balaban J connectivity index is 3.45. The Morgan fingerprint density at radius 3 is 1.40 bits per heavy atom. The number of aliphatic hydroxyl groups excluding tert-OH is 2. The zero-order valence-corrected chi connectivity index (χ0v) is 36.7. The van der Waals surface area contributed by atoms with Crippen LogP contribution in [0, 0.1) is 0 Å². The van der Waals surface area contributed by atoms with Crippen LogP contribution in [0.4, 0.5) is 0 Å². The Bertz CT molecular complexity index is 858. The maximum absolute atomic E-state index is 12.4. The van der Waals surface area contributed by atoms with Gasteiger partial charge in [-0.25, -0.2) is 0 Å². The lowest BCUT2D eigenvalue weighted by molar-refractivity contribution is -0.143. The summed E-state index contributed by atoms with van der Waals surface area (Å²) >= 11 is 0. The van der Waals surface area contributed by atoms with Gasteiger partial charge in [-0.15, -0.1) is 0 Å². The van der Waals surface area contributed by atoms with Gasteiger partial charge in [-0.3, -0.25) is 9.59 Å². The zero-order valence-electron chi connectivity index (χ0n) is 36.7. The molecule has 0 aromatic heterocycles. The van der Waals surface area contributed by atoms with Crippen molar-refractivity contribution in [3.05, 3.63) is 24.3 Å². The first-order valence-electron chi connectivity index (χ1n) is 24.1. The fourth-order valence-electron chi connectivity index (χ4n) is 7.26. The number of nitrogens with one attached hydrogen (secondary N) is 1. The van der Waals surface area contributed by atoms with Crippen molar-refractivity contribution in [1.82, 2.24) is 5.32 Å². The van der Waals surface area contributed by atoms with Gasteiger partial charge >= 0.3 is 5.97 Å². The fourth-order valence-corrected chi connectivity index (χ4v) is 7.26. The number of carbonyl (C=O) groups is 2. The topological polar surface area (TPSA) is 95.9 Å². The van der Waals surface area contributed by atoms with E-state index >= 15 is 0 Å². The van der Waals surface area contributed by atoms with E-state index in [-0.39, 0.29) is 18.5 Å². The highest BCUT2D eigenvalue weighted by Gasteiger charge is 2.20. The molecule has 0 rings (SSSR count). The number of ether oxygens (including phenoxy) is 1. The van der Waals surface area contributed by atoms with Crippen molar-refractivity contribution in [3.8, 4) is 0 Å². The van der Waals surface area contributed by atoms with Crippen LogP contribution in [0.5, 0.6) is 0 Å². The summed E-state index contributed by atoms with van der Waals surface area (Å²) in [5.41, 5.74) is 0. The van der Waals surface area contributed by atoms with Crippen molar-refractivity contribution in [1.29, 1.82) is 0 Å². The lowest BCUT2D eigenvalue weighted by atomic mass is 10.0. The molecule has 0 aliphatic heterocycles. The van der Waals surface area contributed by atoms with E-state index in [0.29, 0.717) is 25.9 Å². The standard InChI is InChI=1S/C49H93NO5/c1-3-5-7-9-11-13-14-15-16-17-18-19-20-23-27-31-35-39-43-49(54)55-44-40-36-32-28-24-21-22-26-30-34-38-42-48(53)50-46(45-51)47(52)41-37-33-29-25-12-10-8-6-4-2/h13-14,16-17,46-47,51-52H,3-12,15,18-45H2,1-2H3,(H,50,53)/b14-13-,17-16-. The highest BCUT2D eigenvalue weighted by atomic mass is 16.5. The molecule has 6 heteroatoms. The molecule has 0 aliphatic rings. The molecule has 0 spiro atoms. The average molecular weight is 776 g/mol. The molecule has 55 heavy (non-hydrogen) atoms. The molecule has 2 atom stereocenters. The van der Waals surface area contributed by atoms with Gasteiger partial charge in [-0.1, -0.05) is 205 Å². The van der Waals surface area contributed by atoms with E-state index in [1.54, 1.807) is 0 Å². The van der Waals surface area contributed by atoms with Gasteiger partial charge in [0, 0.05) is 12.8 Å². The molecule has 6 nitrogen and oxygen atoms in total. The van der Waals surface area contributed by atoms with E-state index in [2.05, 4.69) is 43.5 Å². The Morgan fingerprint density at radius 2 is 0.909 bits per heavy atom. The minimum atomic E-state index is -0.674. The molecule has 0 aromatic rings. The van der Waals surface area contributed by atoms with E-state index < -0.39 is 12.1 Å². The molecule has 0 fully saturated rings. The van der Waals surface area contributed by atoms with Crippen LogP contribution in [-0.2, 0) is 14.3 Å². The predicted octanol–water partition coefficient (Wildman–Crippen LogP) is 14.0. The molecular weight excluding hydrogens is 683 g/mol. The second kappa shape index (κ2) is 45.0. The zero-order chi connectivity index (χ0) is 40.1. The second-order valence-electron chi connectivity index (χ2n) is 16.4. The molecule has 0 saturated carbocycles. The van der Waals surface area contributed by atoms with Gasteiger partial charge in [0.1, 0.15) is 0 Å². The maximum Gasteiger partial charge on any atom is 0.305 e.